The highest BCUT2D eigenvalue weighted by molar-refractivity contribution is 6.05. The van der Waals surface area contributed by atoms with Gasteiger partial charge in [0, 0.05) is 24.7 Å². The van der Waals surface area contributed by atoms with Crippen LogP contribution >= 0.6 is 0 Å². The summed E-state index contributed by atoms with van der Waals surface area (Å²) in [6.45, 7) is 0.120. The number of hydrogen-bond donors (Lipinski definition) is 2. The van der Waals surface area contributed by atoms with Crippen LogP contribution in [0.15, 0.2) is 12.3 Å². The second kappa shape index (κ2) is 4.65. The van der Waals surface area contributed by atoms with Crippen LogP contribution in [0.1, 0.15) is 39.3 Å². The minimum Gasteiger partial charge on any atom is -0.478 e. The van der Waals surface area contributed by atoms with Gasteiger partial charge < -0.3 is 10.0 Å². The fourth-order valence-corrected chi connectivity index (χ4v) is 2.56. The molecule has 1 fully saturated rings. The van der Waals surface area contributed by atoms with Crippen molar-refractivity contribution in [1.82, 2.24) is 15.2 Å². The van der Waals surface area contributed by atoms with Crippen LogP contribution in [0, 0.1) is 0 Å². The van der Waals surface area contributed by atoms with E-state index in [0.717, 1.165) is 6.20 Å². The summed E-state index contributed by atoms with van der Waals surface area (Å²) in [6.07, 6.45) is 1.55. The number of pyridine rings is 1. The van der Waals surface area contributed by atoms with Gasteiger partial charge in [0.15, 0.2) is 0 Å². The minimum atomic E-state index is -1.13. The van der Waals surface area contributed by atoms with Gasteiger partial charge in [0.25, 0.3) is 5.91 Å². The number of imide groups is 1. The zero-order valence-electron chi connectivity index (χ0n) is 10.8. The van der Waals surface area contributed by atoms with Crippen LogP contribution in [-0.4, -0.2) is 44.7 Å². The Morgan fingerprint density at radius 3 is 2.81 bits per heavy atom. The fraction of sp³-hybridized carbons (Fsp3) is 0.308. The lowest BCUT2D eigenvalue weighted by Crippen LogP contribution is -2.52. The molecule has 21 heavy (non-hydrogen) atoms. The van der Waals surface area contributed by atoms with Gasteiger partial charge in [0.1, 0.15) is 11.7 Å². The molecule has 2 N–H and O–H groups in total. The van der Waals surface area contributed by atoms with Gasteiger partial charge in [-0.2, -0.15) is 0 Å². The van der Waals surface area contributed by atoms with Crippen LogP contribution in [0.3, 0.4) is 0 Å². The van der Waals surface area contributed by atoms with E-state index in [-0.39, 0.29) is 36.6 Å². The molecule has 3 amide bonds. The number of rotatable bonds is 2. The molecule has 0 bridgehead atoms. The minimum absolute atomic E-state index is 0.00771. The van der Waals surface area contributed by atoms with Gasteiger partial charge in [-0.15, -0.1) is 0 Å². The zero-order chi connectivity index (χ0) is 15.1. The quantitative estimate of drug-likeness (QED) is 0.712. The number of nitrogens with zero attached hydrogens (tertiary/aromatic N) is 2. The molecule has 2 aliphatic heterocycles. The van der Waals surface area contributed by atoms with Gasteiger partial charge in [-0.25, -0.2) is 9.78 Å². The summed E-state index contributed by atoms with van der Waals surface area (Å²) in [7, 11) is 0. The van der Waals surface area contributed by atoms with E-state index in [0.29, 0.717) is 5.56 Å². The van der Waals surface area contributed by atoms with Crippen LogP contribution < -0.4 is 5.32 Å². The van der Waals surface area contributed by atoms with E-state index >= 15 is 0 Å². The van der Waals surface area contributed by atoms with Crippen LogP contribution in [-0.2, 0) is 16.1 Å². The average molecular weight is 289 g/mol. The smallest absolute Gasteiger partial charge is 0.337 e. The van der Waals surface area contributed by atoms with E-state index in [1.165, 1.54) is 11.0 Å². The summed E-state index contributed by atoms with van der Waals surface area (Å²) < 4.78 is 0. The SMILES string of the molecule is O=C1CCC(N2Cc3cc(C(=O)O)cnc3C2=O)C(=O)N1. The molecule has 1 aromatic rings. The first-order valence-corrected chi connectivity index (χ1v) is 6.34. The van der Waals surface area contributed by atoms with Gasteiger partial charge >= 0.3 is 5.97 Å². The van der Waals surface area contributed by atoms with Crippen molar-refractivity contribution in [2.45, 2.75) is 25.4 Å². The van der Waals surface area contributed by atoms with Crippen molar-refractivity contribution in [2.75, 3.05) is 0 Å². The van der Waals surface area contributed by atoms with Gasteiger partial charge in [-0.05, 0) is 12.5 Å². The molecule has 0 spiro atoms. The molecule has 0 saturated carbocycles. The summed E-state index contributed by atoms with van der Waals surface area (Å²) in [5.74, 6) is -2.41. The number of carbonyl (C=O) groups is 4. The summed E-state index contributed by atoms with van der Waals surface area (Å²) in [4.78, 5) is 51.3. The van der Waals surface area contributed by atoms with Crippen LogP contribution in [0.4, 0.5) is 0 Å². The van der Waals surface area contributed by atoms with Crippen molar-refractivity contribution in [3.05, 3.63) is 29.1 Å². The third kappa shape index (κ3) is 2.14. The Labute approximate surface area is 118 Å². The number of fused-ring (bicyclic) bond motifs is 1. The maximum atomic E-state index is 12.3. The molecular weight excluding hydrogens is 278 g/mol. The first-order chi connectivity index (χ1) is 9.97. The highest BCUT2D eigenvalue weighted by Gasteiger charge is 2.40. The number of amides is 3. The van der Waals surface area contributed by atoms with Gasteiger partial charge in [-0.3, -0.25) is 19.7 Å². The molecule has 3 heterocycles. The second-order valence-corrected chi connectivity index (χ2v) is 4.94. The largest absolute Gasteiger partial charge is 0.478 e. The highest BCUT2D eigenvalue weighted by Crippen LogP contribution is 2.26. The monoisotopic (exact) mass is 289 g/mol. The van der Waals surface area contributed by atoms with E-state index < -0.39 is 23.8 Å². The standard InChI is InChI=1S/C13H11N3O5/c17-9-2-1-8(11(18)15-9)16-5-7-3-6(13(20)21)4-14-10(7)12(16)19/h3-4,8H,1-2,5H2,(H,20,21)(H,15,17,18). The molecule has 1 aromatic heterocycles. The Kier molecular flexibility index (Phi) is 2.93. The van der Waals surface area contributed by atoms with Crippen molar-refractivity contribution in [3.8, 4) is 0 Å². The lowest BCUT2D eigenvalue weighted by atomic mass is 10.0. The van der Waals surface area contributed by atoms with E-state index in [4.69, 9.17) is 5.11 Å². The van der Waals surface area contributed by atoms with E-state index in [1.807, 2.05) is 0 Å². The Hall–Kier alpha value is -2.77. The number of nitrogens with one attached hydrogen (secondary N) is 1. The first-order valence-electron chi connectivity index (χ1n) is 6.34. The fourth-order valence-electron chi connectivity index (χ4n) is 2.56. The molecule has 2 aliphatic rings. The van der Waals surface area contributed by atoms with Crippen molar-refractivity contribution in [1.29, 1.82) is 0 Å². The number of carboxylic acid groups (broad SMARTS) is 1. The average Bonchev–Trinajstić information content (AvgIpc) is 2.75. The Balaban J connectivity index is 1.88. The van der Waals surface area contributed by atoms with Gasteiger partial charge in [-0.1, -0.05) is 0 Å². The second-order valence-electron chi connectivity index (χ2n) is 4.94. The summed E-state index contributed by atoms with van der Waals surface area (Å²) >= 11 is 0. The topological polar surface area (TPSA) is 117 Å². The molecule has 1 saturated heterocycles. The van der Waals surface area contributed by atoms with Gasteiger partial charge in [0.05, 0.1) is 5.56 Å². The highest BCUT2D eigenvalue weighted by atomic mass is 16.4. The Morgan fingerprint density at radius 1 is 1.38 bits per heavy atom. The van der Waals surface area contributed by atoms with E-state index in [1.54, 1.807) is 0 Å². The number of piperidine rings is 1. The molecule has 8 nitrogen and oxygen atoms in total. The number of hydrogen-bond acceptors (Lipinski definition) is 5. The van der Waals surface area contributed by atoms with Gasteiger partial charge in [0.2, 0.25) is 11.8 Å². The van der Waals surface area contributed by atoms with Crippen LogP contribution in [0.2, 0.25) is 0 Å². The Morgan fingerprint density at radius 2 is 2.14 bits per heavy atom. The molecule has 0 aliphatic carbocycles. The third-order valence-electron chi connectivity index (χ3n) is 3.60. The number of aromatic nitrogens is 1. The van der Waals surface area contributed by atoms with Crippen LogP contribution in [0.5, 0.6) is 0 Å². The molecule has 0 aromatic carbocycles. The lowest BCUT2D eigenvalue weighted by Gasteiger charge is -2.29. The Bertz CT molecular complexity index is 684. The first kappa shape index (κ1) is 13.2. The normalized spacial score (nSPS) is 21.2. The van der Waals surface area contributed by atoms with Crippen molar-refractivity contribution < 1.29 is 24.3 Å². The van der Waals surface area contributed by atoms with Crippen molar-refractivity contribution >= 4 is 23.7 Å². The molecule has 3 rings (SSSR count). The zero-order valence-corrected chi connectivity index (χ0v) is 10.8. The van der Waals surface area contributed by atoms with E-state index in [2.05, 4.69) is 10.3 Å². The molecule has 1 atom stereocenters. The number of aromatic carboxylic acids is 1. The van der Waals surface area contributed by atoms with Crippen molar-refractivity contribution in [3.63, 3.8) is 0 Å². The summed E-state index contributed by atoms with van der Waals surface area (Å²) in [5.41, 5.74) is 0.626. The summed E-state index contributed by atoms with van der Waals surface area (Å²) in [6, 6.07) is 0.659. The van der Waals surface area contributed by atoms with E-state index in [9.17, 15) is 19.2 Å². The molecule has 1 unspecified atom stereocenters. The lowest BCUT2D eigenvalue weighted by molar-refractivity contribution is -0.136. The molecule has 0 radical (unpaired) electrons. The molecule has 8 heteroatoms. The predicted molar refractivity (Wildman–Crippen MR) is 67.2 cm³/mol. The van der Waals surface area contributed by atoms with Crippen molar-refractivity contribution in [2.24, 2.45) is 0 Å². The maximum absolute atomic E-state index is 12.3. The number of carbonyl (C=O) groups excluding carboxylic acids is 3. The maximum Gasteiger partial charge on any atom is 0.337 e. The molecule has 108 valence electrons. The van der Waals surface area contributed by atoms with Crippen LogP contribution in [0.25, 0.3) is 0 Å². The predicted octanol–water partition coefficient (Wildman–Crippen LogP) is -0.459. The summed E-state index contributed by atoms with van der Waals surface area (Å²) in [5, 5.41) is 11.1. The molecular formula is C13H11N3O5. The number of carboxylic acids is 1. The third-order valence-corrected chi connectivity index (χ3v) is 3.60.